The molecule has 0 aromatic carbocycles. The molecule has 1 aliphatic rings. The molecule has 96 valence electrons. The Morgan fingerprint density at radius 3 is 2.25 bits per heavy atom. The monoisotopic (exact) mass is 227 g/mol. The van der Waals surface area contributed by atoms with Gasteiger partial charge in [0.1, 0.15) is 0 Å². The van der Waals surface area contributed by atoms with E-state index in [1.807, 2.05) is 0 Å². The number of nitrogens with two attached hydrogens (primary N) is 1. The second-order valence-corrected chi connectivity index (χ2v) is 5.20. The van der Waals surface area contributed by atoms with E-state index in [1.165, 1.54) is 32.1 Å². The molecule has 0 radical (unpaired) electrons. The zero-order valence-corrected chi connectivity index (χ0v) is 11.3. The van der Waals surface area contributed by atoms with Crippen LogP contribution >= 0.6 is 0 Å². The van der Waals surface area contributed by atoms with Gasteiger partial charge in [0.15, 0.2) is 0 Å². The second kappa shape index (κ2) is 6.61. The number of hydrogen-bond acceptors (Lipinski definition) is 2. The van der Waals surface area contributed by atoms with Gasteiger partial charge in [-0.2, -0.15) is 0 Å². The van der Waals surface area contributed by atoms with Gasteiger partial charge in [-0.1, -0.05) is 40.0 Å². The normalized spacial score (nSPS) is 27.0. The topological polar surface area (TPSA) is 35.2 Å². The highest BCUT2D eigenvalue weighted by atomic mass is 16.5. The Bertz CT molecular complexity index is 181. The van der Waals surface area contributed by atoms with E-state index in [-0.39, 0.29) is 5.60 Å². The van der Waals surface area contributed by atoms with Gasteiger partial charge in [0.05, 0.1) is 11.7 Å². The lowest BCUT2D eigenvalue weighted by atomic mass is 9.83. The van der Waals surface area contributed by atoms with E-state index in [1.54, 1.807) is 0 Å². The third kappa shape index (κ3) is 3.21. The molecule has 1 fully saturated rings. The molecule has 0 aromatic rings. The van der Waals surface area contributed by atoms with Crippen molar-refractivity contribution in [1.82, 2.24) is 0 Å². The fourth-order valence-electron chi connectivity index (χ4n) is 2.87. The Kier molecular flexibility index (Phi) is 5.77. The highest BCUT2D eigenvalue weighted by Crippen LogP contribution is 2.33. The fourth-order valence-corrected chi connectivity index (χ4v) is 2.87. The average Bonchev–Trinajstić information content (AvgIpc) is 2.36. The van der Waals surface area contributed by atoms with E-state index in [2.05, 4.69) is 20.8 Å². The van der Waals surface area contributed by atoms with E-state index in [0.717, 1.165) is 18.8 Å². The van der Waals surface area contributed by atoms with E-state index in [4.69, 9.17) is 10.5 Å². The summed E-state index contributed by atoms with van der Waals surface area (Å²) in [5.74, 6) is 0.762. The Morgan fingerprint density at radius 2 is 1.75 bits per heavy atom. The van der Waals surface area contributed by atoms with Crippen LogP contribution < -0.4 is 5.73 Å². The summed E-state index contributed by atoms with van der Waals surface area (Å²) < 4.78 is 6.41. The summed E-state index contributed by atoms with van der Waals surface area (Å²) >= 11 is 0. The minimum absolute atomic E-state index is 0.0601. The molecule has 0 bridgehead atoms. The summed E-state index contributed by atoms with van der Waals surface area (Å²) in [7, 11) is 0. The molecule has 0 aliphatic heterocycles. The molecule has 1 aliphatic carbocycles. The van der Waals surface area contributed by atoms with Crippen LogP contribution in [-0.4, -0.2) is 18.2 Å². The summed E-state index contributed by atoms with van der Waals surface area (Å²) in [4.78, 5) is 0. The molecular weight excluding hydrogens is 198 g/mol. The largest absolute Gasteiger partial charge is 0.370 e. The van der Waals surface area contributed by atoms with E-state index in [0.29, 0.717) is 12.6 Å². The molecule has 1 saturated carbocycles. The van der Waals surface area contributed by atoms with Crippen LogP contribution in [0.5, 0.6) is 0 Å². The van der Waals surface area contributed by atoms with Crippen LogP contribution in [0, 0.1) is 5.92 Å². The third-order valence-electron chi connectivity index (χ3n) is 4.43. The average molecular weight is 227 g/mol. The van der Waals surface area contributed by atoms with Crippen LogP contribution in [-0.2, 0) is 4.74 Å². The molecule has 0 spiro atoms. The summed E-state index contributed by atoms with van der Waals surface area (Å²) in [5, 5.41) is 0. The molecular formula is C14H29NO. The Balaban J connectivity index is 2.61. The van der Waals surface area contributed by atoms with Crippen molar-refractivity contribution < 1.29 is 4.74 Å². The van der Waals surface area contributed by atoms with Crippen LogP contribution in [0.1, 0.15) is 65.7 Å². The Hall–Kier alpha value is -0.0800. The van der Waals surface area contributed by atoms with Gasteiger partial charge in [-0.3, -0.25) is 0 Å². The molecule has 16 heavy (non-hydrogen) atoms. The summed E-state index contributed by atoms with van der Waals surface area (Å²) in [6.45, 7) is 7.33. The van der Waals surface area contributed by atoms with Crippen molar-refractivity contribution in [2.45, 2.75) is 77.4 Å². The lowest BCUT2D eigenvalue weighted by molar-refractivity contribution is -0.125. The van der Waals surface area contributed by atoms with Gasteiger partial charge < -0.3 is 10.5 Å². The van der Waals surface area contributed by atoms with Crippen molar-refractivity contribution in [2.24, 2.45) is 11.7 Å². The van der Waals surface area contributed by atoms with E-state index in [9.17, 15) is 0 Å². The van der Waals surface area contributed by atoms with Crippen LogP contribution in [0.15, 0.2) is 0 Å². The van der Waals surface area contributed by atoms with Crippen molar-refractivity contribution in [1.29, 1.82) is 0 Å². The lowest BCUT2D eigenvalue weighted by Crippen LogP contribution is -2.45. The van der Waals surface area contributed by atoms with Gasteiger partial charge in [0.2, 0.25) is 0 Å². The van der Waals surface area contributed by atoms with Crippen LogP contribution in [0.25, 0.3) is 0 Å². The number of hydrogen-bond donors (Lipinski definition) is 1. The molecule has 0 aromatic heterocycles. The first kappa shape index (κ1) is 14.0. The zero-order chi connectivity index (χ0) is 12.0. The van der Waals surface area contributed by atoms with Crippen LogP contribution in [0.2, 0.25) is 0 Å². The maximum absolute atomic E-state index is 6.41. The first-order valence-electron chi connectivity index (χ1n) is 7.09. The molecule has 2 atom stereocenters. The second-order valence-electron chi connectivity index (χ2n) is 5.20. The summed E-state index contributed by atoms with van der Waals surface area (Å²) in [6, 6.07) is 0. The van der Waals surface area contributed by atoms with Crippen molar-refractivity contribution >= 4 is 0 Å². The first-order valence-corrected chi connectivity index (χ1v) is 7.09. The predicted molar refractivity (Wildman–Crippen MR) is 69.5 cm³/mol. The lowest BCUT2D eigenvalue weighted by Gasteiger charge is -2.40. The molecule has 2 unspecified atom stereocenters. The van der Waals surface area contributed by atoms with Gasteiger partial charge in [-0.05, 0) is 31.6 Å². The van der Waals surface area contributed by atoms with Gasteiger partial charge in [-0.25, -0.2) is 0 Å². The van der Waals surface area contributed by atoms with Gasteiger partial charge >= 0.3 is 0 Å². The van der Waals surface area contributed by atoms with Crippen molar-refractivity contribution in [3.63, 3.8) is 0 Å². The molecule has 1 rings (SSSR count). The Labute approximate surface area is 101 Å². The minimum atomic E-state index is -0.0601. The zero-order valence-electron chi connectivity index (χ0n) is 11.3. The van der Waals surface area contributed by atoms with Crippen molar-refractivity contribution in [3.8, 4) is 0 Å². The highest BCUT2D eigenvalue weighted by molar-refractivity contribution is 4.84. The first-order chi connectivity index (χ1) is 7.71. The molecule has 0 saturated heterocycles. The smallest absolute Gasteiger partial charge is 0.0802 e. The standard InChI is InChI=1S/C14H29NO/c1-4-12-9-7-8-10-13(12)16-14(5-2,6-3)11-15/h12-13H,4-11,15H2,1-3H3. The van der Waals surface area contributed by atoms with Crippen LogP contribution in [0.4, 0.5) is 0 Å². The molecule has 2 nitrogen and oxygen atoms in total. The SMILES string of the molecule is CCC1CCCCC1OC(CC)(CC)CN. The number of rotatable bonds is 6. The molecule has 2 N–H and O–H groups in total. The van der Waals surface area contributed by atoms with Gasteiger partial charge in [0.25, 0.3) is 0 Å². The minimum Gasteiger partial charge on any atom is -0.370 e. The van der Waals surface area contributed by atoms with Crippen molar-refractivity contribution in [2.75, 3.05) is 6.54 Å². The number of ether oxygens (including phenoxy) is 1. The Morgan fingerprint density at radius 1 is 1.12 bits per heavy atom. The predicted octanol–water partition coefficient (Wildman–Crippen LogP) is 3.49. The summed E-state index contributed by atoms with van der Waals surface area (Å²) in [6.07, 6.45) is 9.07. The molecule has 0 heterocycles. The summed E-state index contributed by atoms with van der Waals surface area (Å²) in [5.41, 5.74) is 5.85. The van der Waals surface area contributed by atoms with Gasteiger partial charge in [-0.15, -0.1) is 0 Å². The third-order valence-corrected chi connectivity index (χ3v) is 4.43. The van der Waals surface area contributed by atoms with E-state index < -0.39 is 0 Å². The maximum Gasteiger partial charge on any atom is 0.0802 e. The van der Waals surface area contributed by atoms with Crippen LogP contribution in [0.3, 0.4) is 0 Å². The fraction of sp³-hybridized carbons (Fsp3) is 1.00. The molecule has 0 amide bonds. The van der Waals surface area contributed by atoms with E-state index >= 15 is 0 Å². The van der Waals surface area contributed by atoms with Gasteiger partial charge in [0, 0.05) is 6.54 Å². The van der Waals surface area contributed by atoms with Crippen molar-refractivity contribution in [3.05, 3.63) is 0 Å². The quantitative estimate of drug-likeness (QED) is 0.754. The molecule has 2 heteroatoms. The highest BCUT2D eigenvalue weighted by Gasteiger charge is 2.33. The maximum atomic E-state index is 6.41.